The summed E-state index contributed by atoms with van der Waals surface area (Å²) < 4.78 is 0. The van der Waals surface area contributed by atoms with E-state index in [0.717, 1.165) is 19.5 Å². The summed E-state index contributed by atoms with van der Waals surface area (Å²) in [7, 11) is -4.15. The molecule has 0 atom stereocenters. The van der Waals surface area contributed by atoms with Gasteiger partial charge in [0.2, 0.25) is 0 Å². The first-order chi connectivity index (χ1) is 4.31. The predicted molar refractivity (Wildman–Crippen MR) is 43.9 cm³/mol. The van der Waals surface area contributed by atoms with E-state index in [1.54, 1.807) is 0 Å². The van der Waals surface area contributed by atoms with E-state index in [9.17, 15) is 0 Å². The molecule has 3 N–H and O–H groups in total. The Kier molecular flexibility index (Phi) is 3.24. The standard InChI is InChI=1S/C6H17O3P/c1-3-4-5-6-10(2,7,8)9/h7-9H,3-6H2,1-2H3. The summed E-state index contributed by atoms with van der Waals surface area (Å²) in [5, 5.41) is 0. The van der Waals surface area contributed by atoms with Crippen LogP contribution in [0, 0.1) is 0 Å². The molecule has 0 aromatic carbocycles. The van der Waals surface area contributed by atoms with Crippen molar-refractivity contribution < 1.29 is 14.7 Å². The first-order valence-corrected chi connectivity index (χ1v) is 6.30. The zero-order valence-electron chi connectivity index (χ0n) is 6.62. The molecule has 0 bridgehead atoms. The van der Waals surface area contributed by atoms with Gasteiger partial charge >= 0.3 is 61.0 Å². The minimum atomic E-state index is -4.15. The minimum absolute atomic E-state index is 0.138. The molecule has 0 rings (SSSR count). The molecule has 0 saturated heterocycles. The average molecular weight is 168 g/mol. The second kappa shape index (κ2) is 3.14. The summed E-state index contributed by atoms with van der Waals surface area (Å²) in [6.07, 6.45) is 2.79. The van der Waals surface area contributed by atoms with Crippen molar-refractivity contribution in [2.45, 2.75) is 26.2 Å². The number of unbranched alkanes of at least 4 members (excludes halogenated alkanes) is 2. The third-order valence-corrected chi connectivity index (χ3v) is 2.65. The van der Waals surface area contributed by atoms with Crippen molar-refractivity contribution in [2.24, 2.45) is 0 Å². The van der Waals surface area contributed by atoms with E-state index in [-0.39, 0.29) is 6.16 Å². The first kappa shape index (κ1) is 10.3. The Balaban J connectivity index is 3.49. The van der Waals surface area contributed by atoms with Crippen molar-refractivity contribution >= 4 is 7.28 Å². The van der Waals surface area contributed by atoms with Gasteiger partial charge in [-0.25, -0.2) is 0 Å². The van der Waals surface area contributed by atoms with Gasteiger partial charge in [0.1, 0.15) is 0 Å². The fourth-order valence-electron chi connectivity index (χ4n) is 0.732. The molecule has 0 fully saturated rings. The molecule has 0 aliphatic rings. The van der Waals surface area contributed by atoms with Crippen LogP contribution < -0.4 is 0 Å². The number of hydrogen-bond donors (Lipinski definition) is 3. The Morgan fingerprint density at radius 1 is 1.10 bits per heavy atom. The number of rotatable bonds is 4. The van der Waals surface area contributed by atoms with E-state index in [1.807, 2.05) is 6.92 Å². The predicted octanol–water partition coefficient (Wildman–Crippen LogP) is 1.08. The fourth-order valence-corrected chi connectivity index (χ4v) is 1.70. The molecule has 0 amide bonds. The van der Waals surface area contributed by atoms with Crippen LogP contribution in [0.4, 0.5) is 0 Å². The van der Waals surface area contributed by atoms with Crippen molar-refractivity contribution in [3.05, 3.63) is 0 Å². The molecule has 4 heteroatoms. The van der Waals surface area contributed by atoms with Gasteiger partial charge in [0.05, 0.1) is 0 Å². The Hall–Kier alpha value is 0.310. The second-order valence-electron chi connectivity index (χ2n) is 3.04. The van der Waals surface area contributed by atoms with Gasteiger partial charge in [-0.15, -0.1) is 0 Å². The average Bonchev–Trinajstić information content (AvgIpc) is 1.61. The van der Waals surface area contributed by atoms with Crippen LogP contribution in [0.15, 0.2) is 0 Å². The molecule has 0 aliphatic carbocycles. The van der Waals surface area contributed by atoms with Gasteiger partial charge in [0, 0.05) is 0 Å². The van der Waals surface area contributed by atoms with E-state index in [2.05, 4.69) is 0 Å². The zero-order valence-corrected chi connectivity index (χ0v) is 7.51. The van der Waals surface area contributed by atoms with Crippen molar-refractivity contribution in [3.63, 3.8) is 0 Å². The van der Waals surface area contributed by atoms with Gasteiger partial charge in [-0.3, -0.25) is 0 Å². The van der Waals surface area contributed by atoms with Gasteiger partial charge in [0.15, 0.2) is 0 Å². The molecule has 0 radical (unpaired) electrons. The quantitative estimate of drug-likeness (QED) is 0.435. The summed E-state index contributed by atoms with van der Waals surface area (Å²) in [6, 6.07) is 0. The van der Waals surface area contributed by atoms with Crippen LogP contribution in [0.1, 0.15) is 26.2 Å². The van der Waals surface area contributed by atoms with E-state index in [0.29, 0.717) is 6.42 Å². The molecule has 0 spiro atoms. The summed E-state index contributed by atoms with van der Waals surface area (Å²) in [5.41, 5.74) is 0. The molecule has 0 aromatic heterocycles. The Bertz CT molecular complexity index is 96.1. The summed E-state index contributed by atoms with van der Waals surface area (Å²) in [4.78, 5) is 26.9. The van der Waals surface area contributed by atoms with Crippen LogP contribution in [0.25, 0.3) is 0 Å². The first-order valence-electron chi connectivity index (χ1n) is 3.57. The van der Waals surface area contributed by atoms with Crippen LogP contribution in [-0.4, -0.2) is 27.5 Å². The summed E-state index contributed by atoms with van der Waals surface area (Å²) in [6.45, 7) is 3.15. The monoisotopic (exact) mass is 168 g/mol. The van der Waals surface area contributed by atoms with Crippen LogP contribution in [0.3, 0.4) is 0 Å². The molecule has 10 heavy (non-hydrogen) atoms. The third kappa shape index (κ3) is 8.31. The SMILES string of the molecule is CCCCCP(C)(O)(O)O. The van der Waals surface area contributed by atoms with Crippen LogP contribution in [0.5, 0.6) is 0 Å². The molecule has 0 aromatic rings. The van der Waals surface area contributed by atoms with E-state index >= 15 is 0 Å². The maximum absolute atomic E-state index is 8.95. The second-order valence-corrected chi connectivity index (χ2v) is 6.70. The van der Waals surface area contributed by atoms with Crippen LogP contribution in [0.2, 0.25) is 0 Å². The van der Waals surface area contributed by atoms with Gasteiger partial charge in [-0.2, -0.15) is 0 Å². The summed E-state index contributed by atoms with van der Waals surface area (Å²) >= 11 is 0. The maximum atomic E-state index is 8.95. The van der Waals surface area contributed by atoms with E-state index in [1.165, 1.54) is 0 Å². The molecule has 0 unspecified atom stereocenters. The molecule has 64 valence electrons. The summed E-state index contributed by atoms with van der Waals surface area (Å²) in [5.74, 6) is 0. The van der Waals surface area contributed by atoms with Gasteiger partial charge in [-0.1, -0.05) is 0 Å². The Morgan fingerprint density at radius 2 is 1.60 bits per heavy atom. The molecular formula is C6H17O3P. The molecule has 3 nitrogen and oxygen atoms in total. The molecule has 0 heterocycles. The molecule has 0 saturated carbocycles. The van der Waals surface area contributed by atoms with Gasteiger partial charge < -0.3 is 0 Å². The van der Waals surface area contributed by atoms with Crippen molar-refractivity contribution in [3.8, 4) is 0 Å². The van der Waals surface area contributed by atoms with Crippen LogP contribution in [-0.2, 0) is 0 Å². The van der Waals surface area contributed by atoms with Crippen LogP contribution >= 0.6 is 7.28 Å². The third-order valence-electron chi connectivity index (χ3n) is 1.29. The Morgan fingerprint density at radius 3 is 1.90 bits per heavy atom. The van der Waals surface area contributed by atoms with Gasteiger partial charge in [-0.05, 0) is 0 Å². The van der Waals surface area contributed by atoms with Crippen molar-refractivity contribution in [1.82, 2.24) is 0 Å². The van der Waals surface area contributed by atoms with E-state index in [4.69, 9.17) is 14.7 Å². The Labute approximate surface area is 61.9 Å². The van der Waals surface area contributed by atoms with Gasteiger partial charge in [0.25, 0.3) is 0 Å². The fraction of sp³-hybridized carbons (Fsp3) is 1.00. The number of hydrogen-bond acceptors (Lipinski definition) is 3. The van der Waals surface area contributed by atoms with E-state index < -0.39 is 7.28 Å². The van der Waals surface area contributed by atoms with Crippen molar-refractivity contribution in [1.29, 1.82) is 0 Å². The van der Waals surface area contributed by atoms with Crippen molar-refractivity contribution in [2.75, 3.05) is 12.8 Å². The zero-order chi connectivity index (χ0) is 8.28. The molecular weight excluding hydrogens is 151 g/mol. The topological polar surface area (TPSA) is 60.7 Å². The molecule has 0 aliphatic heterocycles. The normalized spacial score (nSPS) is 16.3.